The molecule has 6 heteroatoms. The predicted molar refractivity (Wildman–Crippen MR) is 107 cm³/mol. The molecule has 5 nitrogen and oxygen atoms in total. The Kier molecular flexibility index (Phi) is 7.21. The molecule has 1 atom stereocenters. The number of nitrogens with one attached hydrogen (secondary N) is 2. The lowest BCUT2D eigenvalue weighted by Crippen LogP contribution is -2.33. The maximum absolute atomic E-state index is 12.4. The van der Waals surface area contributed by atoms with E-state index in [1.165, 1.54) is 0 Å². The molecule has 0 aliphatic rings. The Bertz CT molecular complexity index is 792. The van der Waals surface area contributed by atoms with Crippen molar-refractivity contribution >= 4 is 33.4 Å². The monoisotopic (exact) mass is 418 g/mol. The first-order chi connectivity index (χ1) is 12.4. The van der Waals surface area contributed by atoms with Crippen LogP contribution < -0.4 is 15.4 Å². The van der Waals surface area contributed by atoms with Crippen LogP contribution in [0.3, 0.4) is 0 Å². The van der Waals surface area contributed by atoms with Gasteiger partial charge in [0.25, 0.3) is 11.8 Å². The summed E-state index contributed by atoms with van der Waals surface area (Å²) in [6, 6.07) is 12.5. The van der Waals surface area contributed by atoms with Gasteiger partial charge in [0.2, 0.25) is 0 Å². The fourth-order valence-corrected chi connectivity index (χ4v) is 2.48. The second-order valence-corrected chi connectivity index (χ2v) is 6.93. The van der Waals surface area contributed by atoms with E-state index in [0.717, 1.165) is 16.5 Å². The average molecular weight is 419 g/mol. The van der Waals surface area contributed by atoms with Crippen molar-refractivity contribution in [2.45, 2.75) is 33.2 Å². The summed E-state index contributed by atoms with van der Waals surface area (Å²) in [7, 11) is 0. The number of ether oxygens (including phenoxy) is 1. The maximum Gasteiger partial charge on any atom is 0.262 e. The van der Waals surface area contributed by atoms with Gasteiger partial charge >= 0.3 is 0 Å². The number of aryl methyl sites for hydroxylation is 1. The van der Waals surface area contributed by atoms with Gasteiger partial charge in [-0.05, 0) is 56.2 Å². The van der Waals surface area contributed by atoms with Crippen LogP contribution in [0.1, 0.15) is 36.2 Å². The largest absolute Gasteiger partial charge is 0.484 e. The van der Waals surface area contributed by atoms with E-state index in [1.54, 1.807) is 30.3 Å². The van der Waals surface area contributed by atoms with Crippen LogP contribution in [0.5, 0.6) is 5.75 Å². The Balaban J connectivity index is 2.00. The summed E-state index contributed by atoms with van der Waals surface area (Å²) in [5, 5.41) is 5.65. The second-order valence-electron chi connectivity index (χ2n) is 6.08. The van der Waals surface area contributed by atoms with Crippen molar-refractivity contribution in [1.82, 2.24) is 5.32 Å². The molecule has 2 N–H and O–H groups in total. The second kappa shape index (κ2) is 9.38. The molecule has 0 fully saturated rings. The zero-order valence-corrected chi connectivity index (χ0v) is 16.7. The van der Waals surface area contributed by atoms with Crippen molar-refractivity contribution in [2.24, 2.45) is 0 Å². The highest BCUT2D eigenvalue weighted by molar-refractivity contribution is 9.10. The van der Waals surface area contributed by atoms with Crippen molar-refractivity contribution in [3.63, 3.8) is 0 Å². The number of hydrogen-bond acceptors (Lipinski definition) is 3. The van der Waals surface area contributed by atoms with E-state index in [2.05, 4.69) is 26.6 Å². The third kappa shape index (κ3) is 5.59. The highest BCUT2D eigenvalue weighted by Crippen LogP contribution is 2.21. The number of anilines is 1. The number of carbonyl (C=O) groups excluding carboxylic acids is 2. The fraction of sp³-hybridized carbons (Fsp3) is 0.300. The lowest BCUT2D eigenvalue weighted by Gasteiger charge is -2.15. The van der Waals surface area contributed by atoms with Crippen LogP contribution in [0, 0.1) is 6.92 Å². The smallest absolute Gasteiger partial charge is 0.262 e. The van der Waals surface area contributed by atoms with Crippen LogP contribution in [-0.4, -0.2) is 24.5 Å². The summed E-state index contributed by atoms with van der Waals surface area (Å²) < 4.78 is 6.51. The molecule has 2 aromatic carbocycles. The van der Waals surface area contributed by atoms with E-state index < -0.39 is 0 Å². The molecule has 0 bridgehead atoms. The number of benzene rings is 2. The number of para-hydroxylation sites is 1. The number of carbonyl (C=O) groups is 2. The van der Waals surface area contributed by atoms with Crippen LogP contribution in [-0.2, 0) is 4.79 Å². The molecule has 0 spiro atoms. The normalized spacial score (nSPS) is 11.5. The zero-order chi connectivity index (χ0) is 19.1. The summed E-state index contributed by atoms with van der Waals surface area (Å²) in [5.41, 5.74) is 1.92. The highest BCUT2D eigenvalue weighted by Gasteiger charge is 2.14. The first-order valence-corrected chi connectivity index (χ1v) is 9.28. The SMILES string of the molecule is CC[C@H](C)NC(=O)c1ccccc1NC(=O)COc1ccc(Br)c(C)c1. The summed E-state index contributed by atoms with van der Waals surface area (Å²) in [6.07, 6.45) is 0.834. The molecular weight excluding hydrogens is 396 g/mol. The predicted octanol–water partition coefficient (Wildman–Crippen LogP) is 4.30. The molecule has 138 valence electrons. The van der Waals surface area contributed by atoms with E-state index in [-0.39, 0.29) is 24.5 Å². The van der Waals surface area contributed by atoms with Crippen LogP contribution in [0.25, 0.3) is 0 Å². The summed E-state index contributed by atoms with van der Waals surface area (Å²) >= 11 is 3.42. The molecule has 2 rings (SSSR count). The van der Waals surface area contributed by atoms with Crippen LogP contribution in [0.15, 0.2) is 46.9 Å². The minimum Gasteiger partial charge on any atom is -0.484 e. The lowest BCUT2D eigenvalue weighted by atomic mass is 10.1. The lowest BCUT2D eigenvalue weighted by molar-refractivity contribution is -0.118. The topological polar surface area (TPSA) is 67.4 Å². The van der Waals surface area contributed by atoms with E-state index >= 15 is 0 Å². The quantitative estimate of drug-likeness (QED) is 0.703. The highest BCUT2D eigenvalue weighted by atomic mass is 79.9. The van der Waals surface area contributed by atoms with E-state index in [9.17, 15) is 9.59 Å². The number of rotatable bonds is 7. The third-order valence-electron chi connectivity index (χ3n) is 3.93. The van der Waals surface area contributed by atoms with Gasteiger partial charge in [0.05, 0.1) is 11.3 Å². The molecular formula is C20H23BrN2O3. The van der Waals surface area contributed by atoms with Gasteiger partial charge < -0.3 is 15.4 Å². The van der Waals surface area contributed by atoms with Crippen LogP contribution in [0.4, 0.5) is 5.69 Å². The average Bonchev–Trinajstić information content (AvgIpc) is 2.63. The minimum atomic E-state index is -0.325. The Morgan fingerprint density at radius 1 is 1.19 bits per heavy atom. The van der Waals surface area contributed by atoms with Crippen molar-refractivity contribution in [3.8, 4) is 5.75 Å². The van der Waals surface area contributed by atoms with Gasteiger partial charge in [0.1, 0.15) is 5.75 Å². The van der Waals surface area contributed by atoms with Crippen molar-refractivity contribution < 1.29 is 14.3 Å². The number of hydrogen-bond donors (Lipinski definition) is 2. The summed E-state index contributed by atoms with van der Waals surface area (Å²) in [5.74, 6) is 0.0812. The van der Waals surface area contributed by atoms with Gasteiger partial charge in [-0.1, -0.05) is 35.0 Å². The molecule has 0 unspecified atom stereocenters. The van der Waals surface area contributed by atoms with Crippen molar-refractivity contribution in [2.75, 3.05) is 11.9 Å². The van der Waals surface area contributed by atoms with Crippen LogP contribution in [0.2, 0.25) is 0 Å². The van der Waals surface area contributed by atoms with Gasteiger partial charge in [-0.15, -0.1) is 0 Å². The van der Waals surface area contributed by atoms with Gasteiger partial charge in [0, 0.05) is 10.5 Å². The Labute approximate surface area is 162 Å². The van der Waals surface area contributed by atoms with E-state index in [0.29, 0.717) is 17.0 Å². The molecule has 0 aliphatic heterocycles. The molecule has 0 aliphatic carbocycles. The van der Waals surface area contributed by atoms with Gasteiger partial charge in [-0.2, -0.15) is 0 Å². The third-order valence-corrected chi connectivity index (χ3v) is 4.82. The van der Waals surface area contributed by atoms with Gasteiger partial charge in [0.15, 0.2) is 6.61 Å². The Morgan fingerprint density at radius 3 is 2.62 bits per heavy atom. The standard InChI is InChI=1S/C20H23BrN2O3/c1-4-14(3)22-20(25)16-7-5-6-8-18(16)23-19(24)12-26-15-9-10-17(21)13(2)11-15/h5-11,14H,4,12H2,1-3H3,(H,22,25)(H,23,24)/t14-/m0/s1. The van der Waals surface area contributed by atoms with Crippen LogP contribution >= 0.6 is 15.9 Å². The molecule has 2 amide bonds. The first-order valence-electron chi connectivity index (χ1n) is 8.49. The molecule has 26 heavy (non-hydrogen) atoms. The number of amides is 2. The molecule has 0 heterocycles. The fourth-order valence-electron chi connectivity index (χ4n) is 2.24. The maximum atomic E-state index is 12.4. The van der Waals surface area contributed by atoms with Crippen molar-refractivity contribution in [3.05, 3.63) is 58.1 Å². The van der Waals surface area contributed by atoms with Crippen molar-refractivity contribution in [1.29, 1.82) is 0 Å². The zero-order valence-electron chi connectivity index (χ0n) is 15.1. The van der Waals surface area contributed by atoms with Gasteiger partial charge in [-0.25, -0.2) is 0 Å². The number of halogens is 1. The van der Waals surface area contributed by atoms with Gasteiger partial charge in [-0.3, -0.25) is 9.59 Å². The molecule has 2 aromatic rings. The summed E-state index contributed by atoms with van der Waals surface area (Å²) in [6.45, 7) is 5.75. The van der Waals surface area contributed by atoms with E-state index in [1.807, 2.05) is 32.9 Å². The molecule has 0 saturated heterocycles. The Morgan fingerprint density at radius 2 is 1.92 bits per heavy atom. The molecule has 0 saturated carbocycles. The minimum absolute atomic E-state index is 0.0650. The Hall–Kier alpha value is -2.34. The first kappa shape index (κ1) is 20.0. The van der Waals surface area contributed by atoms with E-state index in [4.69, 9.17) is 4.74 Å². The molecule has 0 aromatic heterocycles. The summed E-state index contributed by atoms with van der Waals surface area (Å²) in [4.78, 5) is 24.6. The molecule has 0 radical (unpaired) electrons.